The van der Waals surface area contributed by atoms with Gasteiger partial charge in [0.1, 0.15) is 5.60 Å². The summed E-state index contributed by atoms with van der Waals surface area (Å²) in [6, 6.07) is 11.5. The van der Waals surface area contributed by atoms with E-state index < -0.39 is 12.0 Å². The first kappa shape index (κ1) is 15.7. The van der Waals surface area contributed by atoms with E-state index >= 15 is 0 Å². The Morgan fingerprint density at radius 1 is 1.38 bits per heavy atom. The van der Waals surface area contributed by atoms with E-state index in [-0.39, 0.29) is 18.6 Å². The lowest BCUT2D eigenvalue weighted by atomic mass is 9.86. The van der Waals surface area contributed by atoms with Crippen molar-refractivity contribution in [2.45, 2.75) is 38.5 Å². The quantitative estimate of drug-likeness (QED) is 0.572. The Balaban J connectivity index is 1.80. The van der Waals surface area contributed by atoms with Crippen molar-refractivity contribution >= 4 is 10.9 Å². The fraction of sp³-hybridized carbons (Fsp3) is 0.300. The van der Waals surface area contributed by atoms with Crippen molar-refractivity contribution in [2.24, 2.45) is 0 Å². The number of aliphatic hydroxyl groups is 1. The van der Waals surface area contributed by atoms with Crippen LogP contribution < -0.4 is 5.56 Å². The smallest absolute Gasteiger partial charge is 0.257 e. The van der Waals surface area contributed by atoms with Gasteiger partial charge < -0.3 is 14.4 Å². The SMILES string of the molecule is CC[C@]1(O)c2cc3n(c(=O)c2CO[C@H]1F)Cc1cc2ccccc2nc1-3. The van der Waals surface area contributed by atoms with Gasteiger partial charge in [0, 0.05) is 22.1 Å². The first-order valence-corrected chi connectivity index (χ1v) is 8.67. The average molecular weight is 352 g/mol. The van der Waals surface area contributed by atoms with Crippen molar-refractivity contribution in [3.63, 3.8) is 0 Å². The van der Waals surface area contributed by atoms with Crippen molar-refractivity contribution in [1.82, 2.24) is 9.55 Å². The molecule has 6 heteroatoms. The summed E-state index contributed by atoms with van der Waals surface area (Å²) in [5, 5.41) is 11.8. The first-order valence-electron chi connectivity index (χ1n) is 8.67. The molecule has 0 amide bonds. The summed E-state index contributed by atoms with van der Waals surface area (Å²) in [4.78, 5) is 17.7. The van der Waals surface area contributed by atoms with E-state index in [1.807, 2.05) is 30.3 Å². The van der Waals surface area contributed by atoms with Gasteiger partial charge in [0.2, 0.25) is 6.36 Å². The molecule has 5 rings (SSSR count). The van der Waals surface area contributed by atoms with Gasteiger partial charge in [-0.25, -0.2) is 9.37 Å². The second-order valence-corrected chi connectivity index (χ2v) is 6.91. The molecule has 2 atom stereocenters. The number of pyridine rings is 2. The summed E-state index contributed by atoms with van der Waals surface area (Å²) in [7, 11) is 0. The van der Waals surface area contributed by atoms with Gasteiger partial charge in [-0.05, 0) is 24.6 Å². The maximum absolute atomic E-state index is 14.3. The zero-order valence-corrected chi connectivity index (χ0v) is 14.2. The van der Waals surface area contributed by atoms with Crippen LogP contribution >= 0.6 is 0 Å². The molecule has 0 saturated carbocycles. The Labute approximate surface area is 148 Å². The highest BCUT2D eigenvalue weighted by Crippen LogP contribution is 2.41. The zero-order chi connectivity index (χ0) is 18.1. The zero-order valence-electron chi connectivity index (χ0n) is 14.2. The van der Waals surface area contributed by atoms with Crippen LogP contribution in [0, 0.1) is 0 Å². The Kier molecular flexibility index (Phi) is 3.14. The lowest BCUT2D eigenvalue weighted by molar-refractivity contribution is -0.198. The highest BCUT2D eigenvalue weighted by atomic mass is 19.1. The number of aromatic nitrogens is 2. The van der Waals surface area contributed by atoms with Crippen LogP contribution in [-0.2, 0) is 23.5 Å². The molecule has 0 unspecified atom stereocenters. The summed E-state index contributed by atoms with van der Waals surface area (Å²) in [6.45, 7) is 1.96. The second kappa shape index (κ2) is 5.22. The molecule has 2 aliphatic heterocycles. The molecule has 2 aromatic heterocycles. The molecule has 26 heavy (non-hydrogen) atoms. The van der Waals surface area contributed by atoms with Crippen molar-refractivity contribution in [1.29, 1.82) is 0 Å². The number of nitrogens with zero attached hydrogens (tertiary/aromatic N) is 2. The third-order valence-corrected chi connectivity index (χ3v) is 5.53. The van der Waals surface area contributed by atoms with Crippen molar-refractivity contribution in [3.8, 4) is 11.4 Å². The Bertz CT molecular complexity index is 1120. The van der Waals surface area contributed by atoms with Crippen molar-refractivity contribution in [2.75, 3.05) is 0 Å². The number of alkyl halides is 1. The van der Waals surface area contributed by atoms with Crippen LogP contribution in [0.5, 0.6) is 0 Å². The van der Waals surface area contributed by atoms with Crippen LogP contribution in [0.25, 0.3) is 22.3 Å². The van der Waals surface area contributed by atoms with Gasteiger partial charge in [-0.2, -0.15) is 0 Å². The van der Waals surface area contributed by atoms with E-state index in [1.165, 1.54) is 0 Å². The summed E-state index contributed by atoms with van der Waals surface area (Å²) in [5.74, 6) is 0. The standard InChI is InChI=1S/C20H17FN2O3/c1-2-20(25)14-8-16-17-12(7-11-5-3-4-6-15(11)22-17)9-23(16)18(24)13(14)10-26-19(20)21/h3-8,19,25H,2,9-10H2,1H3/t19-,20+/m1/s1. The Morgan fingerprint density at radius 2 is 2.19 bits per heavy atom. The molecular weight excluding hydrogens is 335 g/mol. The van der Waals surface area contributed by atoms with Crippen molar-refractivity contribution < 1.29 is 14.2 Å². The molecular formula is C20H17FN2O3. The minimum Gasteiger partial charge on any atom is -0.379 e. The van der Waals surface area contributed by atoms with E-state index in [0.717, 1.165) is 16.5 Å². The van der Waals surface area contributed by atoms with Crippen LogP contribution in [0.15, 0.2) is 41.2 Å². The summed E-state index contributed by atoms with van der Waals surface area (Å²) in [5.41, 5.74) is 1.69. The minimum atomic E-state index is -1.85. The number of benzene rings is 1. The van der Waals surface area contributed by atoms with Gasteiger partial charge in [-0.3, -0.25) is 4.79 Å². The fourth-order valence-corrected chi connectivity index (χ4v) is 4.01. The third kappa shape index (κ3) is 1.91. The minimum absolute atomic E-state index is 0.113. The monoisotopic (exact) mass is 352 g/mol. The number of fused-ring (bicyclic) bond motifs is 5. The molecule has 1 N–H and O–H groups in total. The Hall–Kier alpha value is -2.57. The van der Waals surface area contributed by atoms with Crippen LogP contribution in [0.1, 0.15) is 30.0 Å². The highest BCUT2D eigenvalue weighted by molar-refractivity contribution is 5.84. The van der Waals surface area contributed by atoms with Crippen molar-refractivity contribution in [3.05, 3.63) is 63.4 Å². The molecule has 132 valence electrons. The lowest BCUT2D eigenvalue weighted by Crippen LogP contribution is -2.45. The van der Waals surface area contributed by atoms with Gasteiger partial charge in [0.05, 0.1) is 30.1 Å². The van der Waals surface area contributed by atoms with E-state index in [2.05, 4.69) is 0 Å². The van der Waals surface area contributed by atoms with Crippen LogP contribution in [0.2, 0.25) is 0 Å². The molecule has 0 fully saturated rings. The maximum atomic E-state index is 14.3. The maximum Gasteiger partial charge on any atom is 0.257 e. The largest absolute Gasteiger partial charge is 0.379 e. The highest BCUT2D eigenvalue weighted by Gasteiger charge is 2.45. The number of hydrogen-bond donors (Lipinski definition) is 1. The molecule has 0 spiro atoms. The van der Waals surface area contributed by atoms with Gasteiger partial charge in [0.25, 0.3) is 5.56 Å². The number of hydrogen-bond acceptors (Lipinski definition) is 4. The molecule has 5 nitrogen and oxygen atoms in total. The molecule has 1 aromatic carbocycles. The fourth-order valence-electron chi connectivity index (χ4n) is 4.01. The molecule has 2 aliphatic rings. The van der Waals surface area contributed by atoms with E-state index in [4.69, 9.17) is 9.72 Å². The van der Waals surface area contributed by atoms with Gasteiger partial charge in [-0.1, -0.05) is 25.1 Å². The summed E-state index contributed by atoms with van der Waals surface area (Å²) >= 11 is 0. The normalized spacial score (nSPS) is 23.6. The van der Waals surface area contributed by atoms with Crippen LogP contribution in [0.4, 0.5) is 4.39 Å². The number of ether oxygens (including phenoxy) is 1. The Morgan fingerprint density at radius 3 is 3.00 bits per heavy atom. The van der Waals surface area contributed by atoms with E-state index in [0.29, 0.717) is 29.1 Å². The van der Waals surface area contributed by atoms with Gasteiger partial charge in [0.15, 0.2) is 0 Å². The third-order valence-electron chi connectivity index (χ3n) is 5.53. The number of halogens is 1. The second-order valence-electron chi connectivity index (χ2n) is 6.91. The topological polar surface area (TPSA) is 64.4 Å². The molecule has 0 saturated heterocycles. The summed E-state index contributed by atoms with van der Waals surface area (Å²) < 4.78 is 21.0. The molecule has 4 heterocycles. The first-order chi connectivity index (χ1) is 12.5. The molecule has 0 radical (unpaired) electrons. The van der Waals surface area contributed by atoms with E-state index in [1.54, 1.807) is 17.6 Å². The molecule has 0 aliphatic carbocycles. The average Bonchev–Trinajstić information content (AvgIpc) is 3.01. The van der Waals surface area contributed by atoms with Crippen LogP contribution in [-0.4, -0.2) is 21.0 Å². The van der Waals surface area contributed by atoms with Crippen LogP contribution in [0.3, 0.4) is 0 Å². The lowest BCUT2D eigenvalue weighted by Gasteiger charge is -2.36. The molecule has 3 aromatic rings. The number of para-hydroxylation sites is 1. The number of rotatable bonds is 1. The predicted octanol–water partition coefficient (Wildman–Crippen LogP) is 2.85. The van der Waals surface area contributed by atoms with Gasteiger partial charge >= 0.3 is 0 Å². The van der Waals surface area contributed by atoms with E-state index in [9.17, 15) is 14.3 Å². The molecule has 0 bridgehead atoms. The summed E-state index contributed by atoms with van der Waals surface area (Å²) in [6.07, 6.45) is -1.74. The van der Waals surface area contributed by atoms with Gasteiger partial charge in [-0.15, -0.1) is 0 Å². The predicted molar refractivity (Wildman–Crippen MR) is 94.4 cm³/mol.